The van der Waals surface area contributed by atoms with Gasteiger partial charge in [-0.05, 0) is 13.0 Å². The maximum absolute atomic E-state index is 12.8. The van der Waals surface area contributed by atoms with E-state index in [-0.39, 0.29) is 17.9 Å². The van der Waals surface area contributed by atoms with Crippen molar-refractivity contribution in [2.24, 2.45) is 0 Å². The first kappa shape index (κ1) is 19.8. The zero-order chi connectivity index (χ0) is 20.1. The molecule has 10 nitrogen and oxygen atoms in total. The molecule has 2 aliphatic rings. The van der Waals surface area contributed by atoms with Crippen LogP contribution in [-0.4, -0.2) is 102 Å². The second-order valence-electron chi connectivity index (χ2n) is 6.71. The second kappa shape index (κ2) is 8.85. The van der Waals surface area contributed by atoms with Gasteiger partial charge in [0.05, 0.1) is 6.61 Å². The molecule has 0 atom stereocenters. The Morgan fingerprint density at radius 3 is 2.18 bits per heavy atom. The predicted molar refractivity (Wildman–Crippen MR) is 101 cm³/mol. The van der Waals surface area contributed by atoms with Gasteiger partial charge in [-0.1, -0.05) is 0 Å². The molecule has 0 aromatic carbocycles. The number of rotatable bonds is 3. The molecule has 28 heavy (non-hydrogen) atoms. The predicted octanol–water partition coefficient (Wildman–Crippen LogP) is 0.0594. The average molecular weight is 390 g/mol. The van der Waals surface area contributed by atoms with Crippen molar-refractivity contribution in [1.29, 1.82) is 0 Å². The fourth-order valence-electron chi connectivity index (χ4n) is 3.31. The van der Waals surface area contributed by atoms with Gasteiger partial charge in [0.25, 0.3) is 5.91 Å². The Bertz CT molecular complexity index is 727. The summed E-state index contributed by atoms with van der Waals surface area (Å²) in [5.74, 6) is 0.389. The smallest absolute Gasteiger partial charge is 0.409 e. The van der Waals surface area contributed by atoms with Gasteiger partial charge in [0.15, 0.2) is 0 Å². The molecule has 0 bridgehead atoms. The molecule has 3 amide bonds. The van der Waals surface area contributed by atoms with Crippen LogP contribution in [0.5, 0.6) is 0 Å². The van der Waals surface area contributed by atoms with Crippen molar-refractivity contribution in [3.8, 4) is 0 Å². The second-order valence-corrected chi connectivity index (χ2v) is 6.71. The number of ether oxygens (including phenoxy) is 1. The van der Waals surface area contributed by atoms with E-state index < -0.39 is 0 Å². The van der Waals surface area contributed by atoms with Gasteiger partial charge in [0.1, 0.15) is 5.69 Å². The highest BCUT2D eigenvalue weighted by Gasteiger charge is 2.27. The van der Waals surface area contributed by atoms with E-state index in [2.05, 4.69) is 9.97 Å². The molecule has 0 saturated carbocycles. The highest BCUT2D eigenvalue weighted by atomic mass is 16.6. The van der Waals surface area contributed by atoms with Gasteiger partial charge in [0.2, 0.25) is 11.9 Å². The van der Waals surface area contributed by atoms with Crippen LogP contribution >= 0.6 is 0 Å². The van der Waals surface area contributed by atoms with E-state index in [1.54, 1.807) is 40.8 Å². The lowest BCUT2D eigenvalue weighted by Gasteiger charge is -2.35. The Morgan fingerprint density at radius 1 is 0.964 bits per heavy atom. The van der Waals surface area contributed by atoms with Crippen LogP contribution in [0.15, 0.2) is 12.3 Å². The van der Waals surface area contributed by atoms with E-state index in [1.165, 1.54) is 0 Å². The van der Waals surface area contributed by atoms with Crippen molar-refractivity contribution >= 4 is 23.9 Å². The fourth-order valence-corrected chi connectivity index (χ4v) is 3.31. The van der Waals surface area contributed by atoms with Crippen LogP contribution in [-0.2, 0) is 9.53 Å². The Morgan fingerprint density at radius 2 is 1.57 bits per heavy atom. The first-order valence-electron chi connectivity index (χ1n) is 9.54. The third kappa shape index (κ3) is 4.49. The molecular weight excluding hydrogens is 364 g/mol. The molecule has 0 radical (unpaired) electrons. The van der Waals surface area contributed by atoms with Crippen LogP contribution in [0, 0.1) is 0 Å². The topological polar surface area (TPSA) is 99.2 Å². The van der Waals surface area contributed by atoms with Gasteiger partial charge in [0, 0.05) is 65.5 Å². The summed E-state index contributed by atoms with van der Waals surface area (Å²) < 4.78 is 5.00. The number of nitrogens with zero attached hydrogens (tertiary/aromatic N) is 6. The maximum Gasteiger partial charge on any atom is 0.409 e. The van der Waals surface area contributed by atoms with Crippen molar-refractivity contribution in [2.45, 2.75) is 13.8 Å². The van der Waals surface area contributed by atoms with Gasteiger partial charge in [-0.2, -0.15) is 0 Å². The number of anilines is 1. The summed E-state index contributed by atoms with van der Waals surface area (Å²) in [6.45, 7) is 7.93. The minimum Gasteiger partial charge on any atom is -0.450 e. The molecule has 0 unspecified atom stereocenters. The van der Waals surface area contributed by atoms with Crippen LogP contribution in [0.2, 0.25) is 0 Å². The van der Waals surface area contributed by atoms with Crippen molar-refractivity contribution in [1.82, 2.24) is 24.7 Å². The molecule has 0 aliphatic carbocycles. The van der Waals surface area contributed by atoms with Crippen molar-refractivity contribution in [3.63, 3.8) is 0 Å². The lowest BCUT2D eigenvalue weighted by Crippen LogP contribution is -2.51. The van der Waals surface area contributed by atoms with E-state index in [1.807, 2.05) is 4.90 Å². The van der Waals surface area contributed by atoms with Crippen molar-refractivity contribution < 1.29 is 19.1 Å². The molecule has 0 N–H and O–H groups in total. The quantitative estimate of drug-likeness (QED) is 0.720. The SMILES string of the molecule is CCOC(=O)N1CCN(C(=O)c2ccnc(N3CCN(C(C)=O)CC3)n2)CC1. The maximum atomic E-state index is 12.8. The van der Waals surface area contributed by atoms with E-state index in [9.17, 15) is 14.4 Å². The highest BCUT2D eigenvalue weighted by molar-refractivity contribution is 5.92. The number of carbonyl (C=O) groups is 3. The molecule has 2 saturated heterocycles. The molecule has 1 aromatic rings. The molecule has 2 fully saturated rings. The summed E-state index contributed by atoms with van der Waals surface area (Å²) in [6, 6.07) is 1.61. The first-order valence-corrected chi connectivity index (χ1v) is 9.54. The molecule has 3 heterocycles. The minimum absolute atomic E-state index is 0.0615. The number of carbonyl (C=O) groups excluding carboxylic acids is 3. The zero-order valence-corrected chi connectivity index (χ0v) is 16.3. The Labute approximate surface area is 164 Å². The van der Waals surface area contributed by atoms with E-state index >= 15 is 0 Å². The standard InChI is InChI=1S/C18H26N6O4/c1-3-28-18(27)24-12-8-22(9-13-24)16(26)15-4-5-19-17(20-15)23-10-6-21(7-11-23)14(2)25/h4-5H,3,6-13H2,1-2H3. The summed E-state index contributed by atoms with van der Waals surface area (Å²) in [4.78, 5) is 51.8. The Hall–Kier alpha value is -2.91. The molecule has 2 aliphatic heterocycles. The van der Waals surface area contributed by atoms with E-state index in [0.29, 0.717) is 70.6 Å². The summed E-state index contributed by atoms with van der Waals surface area (Å²) in [6.07, 6.45) is 1.24. The van der Waals surface area contributed by atoms with Crippen molar-refractivity contribution in [3.05, 3.63) is 18.0 Å². The largest absolute Gasteiger partial charge is 0.450 e. The van der Waals surface area contributed by atoms with Crippen LogP contribution < -0.4 is 4.90 Å². The average Bonchev–Trinajstić information content (AvgIpc) is 2.73. The first-order chi connectivity index (χ1) is 13.5. The fraction of sp³-hybridized carbons (Fsp3) is 0.611. The van der Waals surface area contributed by atoms with Crippen LogP contribution in [0.25, 0.3) is 0 Å². The normalized spacial score (nSPS) is 17.5. The number of amides is 3. The third-order valence-electron chi connectivity index (χ3n) is 4.96. The molecular formula is C18H26N6O4. The molecule has 0 spiro atoms. The number of hydrogen-bond acceptors (Lipinski definition) is 7. The van der Waals surface area contributed by atoms with Gasteiger partial charge < -0.3 is 24.3 Å². The summed E-state index contributed by atoms with van der Waals surface area (Å²) >= 11 is 0. The Balaban J connectivity index is 1.59. The van der Waals surface area contributed by atoms with Crippen LogP contribution in [0.4, 0.5) is 10.7 Å². The molecule has 1 aromatic heterocycles. The van der Waals surface area contributed by atoms with E-state index in [0.717, 1.165) is 0 Å². The molecule has 152 valence electrons. The lowest BCUT2D eigenvalue weighted by molar-refractivity contribution is -0.129. The van der Waals surface area contributed by atoms with E-state index in [4.69, 9.17) is 4.74 Å². The molecule has 10 heteroatoms. The number of hydrogen-bond donors (Lipinski definition) is 0. The van der Waals surface area contributed by atoms with Gasteiger partial charge >= 0.3 is 6.09 Å². The van der Waals surface area contributed by atoms with Crippen LogP contribution in [0.3, 0.4) is 0 Å². The summed E-state index contributed by atoms with van der Waals surface area (Å²) in [7, 11) is 0. The zero-order valence-electron chi connectivity index (χ0n) is 16.3. The summed E-state index contributed by atoms with van der Waals surface area (Å²) in [5, 5.41) is 0. The van der Waals surface area contributed by atoms with Gasteiger partial charge in [-0.25, -0.2) is 14.8 Å². The minimum atomic E-state index is -0.344. The van der Waals surface area contributed by atoms with Crippen molar-refractivity contribution in [2.75, 3.05) is 63.9 Å². The monoisotopic (exact) mass is 390 g/mol. The highest BCUT2D eigenvalue weighted by Crippen LogP contribution is 2.14. The van der Waals surface area contributed by atoms with Gasteiger partial charge in [-0.3, -0.25) is 9.59 Å². The number of aromatic nitrogens is 2. The van der Waals surface area contributed by atoms with Gasteiger partial charge in [-0.15, -0.1) is 0 Å². The molecule has 3 rings (SSSR count). The third-order valence-corrected chi connectivity index (χ3v) is 4.96. The summed E-state index contributed by atoms with van der Waals surface area (Å²) in [5.41, 5.74) is 0.337. The number of piperazine rings is 2. The Kier molecular flexibility index (Phi) is 6.27. The van der Waals surface area contributed by atoms with Crippen LogP contribution in [0.1, 0.15) is 24.3 Å². The lowest BCUT2D eigenvalue weighted by atomic mass is 10.2.